The van der Waals surface area contributed by atoms with Gasteiger partial charge in [-0.1, -0.05) is 35.8 Å². The highest BCUT2D eigenvalue weighted by molar-refractivity contribution is 7.15. The molecule has 2 aromatic heterocycles. The molecule has 1 aromatic carbocycles. The van der Waals surface area contributed by atoms with Crippen LogP contribution >= 0.6 is 22.9 Å². The van der Waals surface area contributed by atoms with Crippen LogP contribution in [0.3, 0.4) is 0 Å². The first kappa shape index (κ1) is 13.2. The van der Waals surface area contributed by atoms with E-state index in [0.29, 0.717) is 16.6 Å². The lowest BCUT2D eigenvalue weighted by Gasteiger charge is -2.01. The minimum atomic E-state index is 0.383. The molecule has 0 aliphatic heterocycles. The van der Waals surface area contributed by atoms with E-state index in [4.69, 9.17) is 21.9 Å². The molecule has 0 fully saturated rings. The Kier molecular flexibility index (Phi) is 3.51. The van der Waals surface area contributed by atoms with Crippen LogP contribution in [0.15, 0.2) is 40.9 Å². The standard InChI is InChI=1S/C15H13ClN2OS/c1-2-11-6-7-12(20-11)14-13(15(17)18-19-14)9-4-3-5-10(16)8-9/h3-8H,2H2,1H3,(H2,17,18). The Morgan fingerprint density at radius 1 is 1.30 bits per heavy atom. The molecular formula is C15H13ClN2OS. The minimum Gasteiger partial charge on any atom is -0.380 e. The molecule has 2 N–H and O–H groups in total. The van der Waals surface area contributed by atoms with Crippen molar-refractivity contribution < 1.29 is 4.52 Å². The van der Waals surface area contributed by atoms with E-state index < -0.39 is 0 Å². The van der Waals surface area contributed by atoms with E-state index in [2.05, 4.69) is 18.1 Å². The summed E-state index contributed by atoms with van der Waals surface area (Å²) in [6.45, 7) is 2.13. The normalized spacial score (nSPS) is 10.9. The number of hydrogen-bond acceptors (Lipinski definition) is 4. The summed E-state index contributed by atoms with van der Waals surface area (Å²) in [5.74, 6) is 1.09. The second-order valence-corrected chi connectivity index (χ2v) is 6.01. The highest BCUT2D eigenvalue weighted by Gasteiger charge is 2.19. The molecule has 102 valence electrons. The Morgan fingerprint density at radius 3 is 2.85 bits per heavy atom. The molecule has 2 heterocycles. The van der Waals surface area contributed by atoms with Crippen molar-refractivity contribution in [2.24, 2.45) is 0 Å². The molecule has 0 amide bonds. The maximum atomic E-state index is 6.05. The van der Waals surface area contributed by atoms with E-state index in [1.165, 1.54) is 4.88 Å². The van der Waals surface area contributed by atoms with Crippen LogP contribution in [0.4, 0.5) is 5.82 Å². The number of nitrogens with two attached hydrogens (primary N) is 1. The van der Waals surface area contributed by atoms with Gasteiger partial charge in [0.1, 0.15) is 0 Å². The maximum absolute atomic E-state index is 6.05. The number of rotatable bonds is 3. The van der Waals surface area contributed by atoms with Gasteiger partial charge < -0.3 is 10.3 Å². The molecule has 3 nitrogen and oxygen atoms in total. The highest BCUT2D eigenvalue weighted by Crippen LogP contribution is 2.40. The van der Waals surface area contributed by atoms with Gasteiger partial charge in [-0.15, -0.1) is 11.3 Å². The third kappa shape index (κ3) is 2.32. The predicted molar refractivity (Wildman–Crippen MR) is 84.1 cm³/mol. The van der Waals surface area contributed by atoms with E-state index in [-0.39, 0.29) is 0 Å². The number of nitrogens with zero attached hydrogens (tertiary/aromatic N) is 1. The molecule has 5 heteroatoms. The number of thiophene rings is 1. The van der Waals surface area contributed by atoms with Gasteiger partial charge in [0.25, 0.3) is 0 Å². The fourth-order valence-electron chi connectivity index (χ4n) is 2.08. The number of aryl methyl sites for hydroxylation is 1. The Morgan fingerprint density at radius 2 is 2.15 bits per heavy atom. The first-order valence-corrected chi connectivity index (χ1v) is 7.48. The zero-order valence-electron chi connectivity index (χ0n) is 10.9. The Labute approximate surface area is 126 Å². The first-order chi connectivity index (χ1) is 9.69. The van der Waals surface area contributed by atoms with Crippen molar-refractivity contribution in [1.82, 2.24) is 5.16 Å². The summed E-state index contributed by atoms with van der Waals surface area (Å²) >= 11 is 7.74. The number of benzene rings is 1. The molecule has 3 aromatic rings. The quantitative estimate of drug-likeness (QED) is 0.751. The first-order valence-electron chi connectivity index (χ1n) is 6.29. The van der Waals surface area contributed by atoms with Crippen LogP contribution in [0, 0.1) is 0 Å². The van der Waals surface area contributed by atoms with Crippen molar-refractivity contribution in [3.05, 3.63) is 46.3 Å². The summed E-state index contributed by atoms with van der Waals surface area (Å²) in [4.78, 5) is 2.33. The summed E-state index contributed by atoms with van der Waals surface area (Å²) in [7, 11) is 0. The molecule has 0 atom stereocenters. The summed E-state index contributed by atoms with van der Waals surface area (Å²) in [6, 6.07) is 11.7. The summed E-state index contributed by atoms with van der Waals surface area (Å²) in [5, 5.41) is 4.56. The smallest absolute Gasteiger partial charge is 0.186 e. The SMILES string of the molecule is CCc1ccc(-c2onc(N)c2-c2cccc(Cl)c2)s1. The van der Waals surface area contributed by atoms with Crippen molar-refractivity contribution in [2.45, 2.75) is 13.3 Å². The molecule has 0 saturated heterocycles. The van der Waals surface area contributed by atoms with E-state index in [1.807, 2.05) is 30.3 Å². The van der Waals surface area contributed by atoms with Crippen LogP contribution in [-0.2, 0) is 6.42 Å². The number of halogens is 1. The van der Waals surface area contributed by atoms with Gasteiger partial charge in [-0.05, 0) is 36.2 Å². The number of nitrogen functional groups attached to an aromatic ring is 1. The van der Waals surface area contributed by atoms with Gasteiger partial charge in [-0.2, -0.15) is 0 Å². The Bertz CT molecular complexity index is 748. The molecule has 0 spiro atoms. The van der Waals surface area contributed by atoms with Crippen molar-refractivity contribution in [1.29, 1.82) is 0 Å². The lowest BCUT2D eigenvalue weighted by atomic mass is 10.1. The van der Waals surface area contributed by atoms with Crippen LogP contribution < -0.4 is 5.73 Å². The van der Waals surface area contributed by atoms with Crippen LogP contribution in [0.5, 0.6) is 0 Å². The molecule has 0 radical (unpaired) electrons. The van der Waals surface area contributed by atoms with Crippen molar-refractivity contribution in [3.63, 3.8) is 0 Å². The lowest BCUT2D eigenvalue weighted by molar-refractivity contribution is 0.437. The average Bonchev–Trinajstić information content (AvgIpc) is 3.04. The summed E-state index contributed by atoms with van der Waals surface area (Å²) < 4.78 is 5.43. The summed E-state index contributed by atoms with van der Waals surface area (Å²) in [5.41, 5.74) is 7.67. The second-order valence-electron chi connectivity index (χ2n) is 4.40. The largest absolute Gasteiger partial charge is 0.380 e. The topological polar surface area (TPSA) is 52.0 Å². The van der Waals surface area contributed by atoms with E-state index in [0.717, 1.165) is 22.4 Å². The highest BCUT2D eigenvalue weighted by atomic mass is 35.5. The van der Waals surface area contributed by atoms with Crippen LogP contribution in [0.2, 0.25) is 5.02 Å². The fraction of sp³-hybridized carbons (Fsp3) is 0.133. The zero-order chi connectivity index (χ0) is 14.1. The molecule has 0 saturated carbocycles. The minimum absolute atomic E-state index is 0.383. The summed E-state index contributed by atoms with van der Waals surface area (Å²) in [6.07, 6.45) is 1.00. The van der Waals surface area contributed by atoms with Gasteiger partial charge in [0.15, 0.2) is 11.6 Å². The lowest BCUT2D eigenvalue weighted by Crippen LogP contribution is -1.88. The average molecular weight is 305 g/mol. The molecule has 0 aliphatic rings. The third-order valence-corrected chi connectivity index (χ3v) is 4.53. The fourth-order valence-corrected chi connectivity index (χ4v) is 3.20. The molecule has 0 bridgehead atoms. The molecule has 0 unspecified atom stereocenters. The number of anilines is 1. The van der Waals surface area contributed by atoms with Gasteiger partial charge in [0.05, 0.1) is 10.4 Å². The Hall–Kier alpha value is -1.78. The molecule has 20 heavy (non-hydrogen) atoms. The van der Waals surface area contributed by atoms with E-state index >= 15 is 0 Å². The van der Waals surface area contributed by atoms with Crippen molar-refractivity contribution in [2.75, 3.05) is 5.73 Å². The molecule has 3 rings (SSSR count). The van der Waals surface area contributed by atoms with E-state index in [1.54, 1.807) is 11.3 Å². The maximum Gasteiger partial charge on any atom is 0.186 e. The van der Waals surface area contributed by atoms with Gasteiger partial charge in [-0.3, -0.25) is 0 Å². The number of hydrogen-bond donors (Lipinski definition) is 1. The van der Waals surface area contributed by atoms with Gasteiger partial charge >= 0.3 is 0 Å². The van der Waals surface area contributed by atoms with Gasteiger partial charge in [0.2, 0.25) is 0 Å². The third-order valence-electron chi connectivity index (χ3n) is 3.07. The molecule has 0 aliphatic carbocycles. The van der Waals surface area contributed by atoms with Crippen LogP contribution in [0.1, 0.15) is 11.8 Å². The second kappa shape index (κ2) is 5.31. The van der Waals surface area contributed by atoms with Crippen molar-refractivity contribution >= 4 is 28.8 Å². The predicted octanol–water partition coefficient (Wildman–Crippen LogP) is 4.87. The monoisotopic (exact) mass is 304 g/mol. The Balaban J connectivity index is 2.14. The van der Waals surface area contributed by atoms with Crippen LogP contribution in [0.25, 0.3) is 21.8 Å². The van der Waals surface area contributed by atoms with E-state index in [9.17, 15) is 0 Å². The van der Waals surface area contributed by atoms with Gasteiger partial charge in [0, 0.05) is 9.90 Å². The zero-order valence-corrected chi connectivity index (χ0v) is 12.5. The molecular weight excluding hydrogens is 292 g/mol. The number of aromatic nitrogens is 1. The van der Waals surface area contributed by atoms with Gasteiger partial charge in [-0.25, -0.2) is 0 Å². The van der Waals surface area contributed by atoms with Crippen LogP contribution in [-0.4, -0.2) is 5.16 Å². The van der Waals surface area contributed by atoms with Crippen molar-refractivity contribution in [3.8, 4) is 21.8 Å².